The predicted molar refractivity (Wildman–Crippen MR) is 136 cm³/mol. The summed E-state index contributed by atoms with van der Waals surface area (Å²) in [5.41, 5.74) is 6.26. The fourth-order valence-electron chi connectivity index (χ4n) is 4.05. The zero-order chi connectivity index (χ0) is 24.6. The van der Waals surface area contributed by atoms with Gasteiger partial charge in [-0.1, -0.05) is 24.3 Å². The van der Waals surface area contributed by atoms with E-state index in [0.717, 1.165) is 44.9 Å². The molecule has 0 saturated carbocycles. The Labute approximate surface area is 200 Å². The lowest BCUT2D eigenvalue weighted by molar-refractivity contribution is 0.408. The summed E-state index contributed by atoms with van der Waals surface area (Å²) in [5.74, 6) is 1.57. The molecule has 0 bridgehead atoms. The molecule has 0 atom stereocenters. The zero-order valence-corrected chi connectivity index (χ0v) is 20.0. The van der Waals surface area contributed by atoms with Gasteiger partial charge in [0.2, 0.25) is 0 Å². The van der Waals surface area contributed by atoms with Gasteiger partial charge in [-0.15, -0.1) is 0 Å². The molecule has 5 heteroatoms. The fraction of sp³-hybridized carbons (Fsp3) is 0.172. The third kappa shape index (κ3) is 4.13. The molecule has 3 N–H and O–H groups in total. The summed E-state index contributed by atoms with van der Waals surface area (Å²) >= 11 is 0. The maximum Gasteiger partial charge on any atom is 0.169 e. The van der Waals surface area contributed by atoms with Gasteiger partial charge in [0.1, 0.15) is 17.2 Å². The van der Waals surface area contributed by atoms with E-state index in [9.17, 15) is 15.3 Å². The number of hydrogen-bond acceptors (Lipinski definition) is 5. The monoisotopic (exact) mass is 455 g/mol. The average Bonchev–Trinajstić information content (AvgIpc) is 2.83. The number of hydrogen-bond donors (Lipinski definition) is 3. The number of aryl methyl sites for hydroxylation is 3. The van der Waals surface area contributed by atoms with Crippen LogP contribution in [0.25, 0.3) is 0 Å². The van der Waals surface area contributed by atoms with Crippen molar-refractivity contribution in [3.63, 3.8) is 0 Å². The summed E-state index contributed by atoms with van der Waals surface area (Å²) in [5, 5.41) is 31.5. The van der Waals surface area contributed by atoms with E-state index in [4.69, 9.17) is 4.74 Å². The first-order valence-electron chi connectivity index (χ1n) is 11.1. The first kappa shape index (κ1) is 23.1. The smallest absolute Gasteiger partial charge is 0.169 e. The Bertz CT molecular complexity index is 1300. The number of anilines is 3. The van der Waals surface area contributed by atoms with Crippen LogP contribution in [0.2, 0.25) is 0 Å². The Morgan fingerprint density at radius 3 is 1.59 bits per heavy atom. The van der Waals surface area contributed by atoms with E-state index in [1.807, 2.05) is 100 Å². The molecule has 174 valence electrons. The average molecular weight is 456 g/mol. The van der Waals surface area contributed by atoms with E-state index in [2.05, 4.69) is 0 Å². The Morgan fingerprint density at radius 2 is 1.06 bits per heavy atom. The van der Waals surface area contributed by atoms with Gasteiger partial charge < -0.3 is 25.0 Å². The lowest BCUT2D eigenvalue weighted by Gasteiger charge is -2.29. The van der Waals surface area contributed by atoms with Crippen molar-refractivity contribution in [2.24, 2.45) is 0 Å². The molecule has 0 aromatic heterocycles. The summed E-state index contributed by atoms with van der Waals surface area (Å²) in [6.07, 6.45) is 0. The molecule has 5 nitrogen and oxygen atoms in total. The van der Waals surface area contributed by atoms with Gasteiger partial charge >= 0.3 is 0 Å². The highest BCUT2D eigenvalue weighted by Gasteiger charge is 2.21. The maximum atomic E-state index is 10.6. The summed E-state index contributed by atoms with van der Waals surface area (Å²) in [7, 11) is 0. The van der Waals surface area contributed by atoms with Crippen molar-refractivity contribution in [1.29, 1.82) is 0 Å². The number of ether oxygens (including phenoxy) is 1. The molecule has 4 aromatic rings. The number of aromatic hydroxyl groups is 3. The second-order valence-electron chi connectivity index (χ2n) is 8.60. The van der Waals surface area contributed by atoms with E-state index in [-0.39, 0.29) is 17.2 Å². The van der Waals surface area contributed by atoms with Crippen LogP contribution in [0, 0.1) is 34.6 Å². The second kappa shape index (κ2) is 9.02. The normalized spacial score (nSPS) is 10.9. The van der Waals surface area contributed by atoms with Crippen LogP contribution in [0.1, 0.15) is 27.8 Å². The number of benzene rings is 4. The maximum absolute atomic E-state index is 10.6. The van der Waals surface area contributed by atoms with E-state index in [0.29, 0.717) is 11.5 Å². The van der Waals surface area contributed by atoms with Gasteiger partial charge in [0.15, 0.2) is 11.5 Å². The van der Waals surface area contributed by atoms with Crippen LogP contribution in [0.3, 0.4) is 0 Å². The molecular formula is C29H29NO4. The quantitative estimate of drug-likeness (QED) is 0.289. The largest absolute Gasteiger partial charge is 0.507 e. The van der Waals surface area contributed by atoms with Crippen LogP contribution >= 0.6 is 0 Å². The second-order valence-corrected chi connectivity index (χ2v) is 8.60. The van der Waals surface area contributed by atoms with Crippen molar-refractivity contribution in [2.75, 3.05) is 4.90 Å². The van der Waals surface area contributed by atoms with E-state index >= 15 is 0 Å². The van der Waals surface area contributed by atoms with Crippen molar-refractivity contribution >= 4 is 17.1 Å². The zero-order valence-electron chi connectivity index (χ0n) is 20.0. The first-order chi connectivity index (χ1) is 16.2. The molecule has 0 heterocycles. The van der Waals surface area contributed by atoms with Crippen LogP contribution in [-0.2, 0) is 0 Å². The molecule has 34 heavy (non-hydrogen) atoms. The molecule has 0 amide bonds. The number of phenols is 3. The van der Waals surface area contributed by atoms with Gasteiger partial charge in [-0.05, 0) is 93.8 Å². The SMILES string of the molecule is Cc1cccc(Oc2ccc(N(c3ccc(C)c(O)c3C)c3ccc(C)c(O)c3C)cc2)c1O. The third-order valence-electron chi connectivity index (χ3n) is 6.21. The molecule has 0 unspecified atom stereocenters. The van der Waals surface area contributed by atoms with Crippen LogP contribution in [-0.4, -0.2) is 15.3 Å². The van der Waals surface area contributed by atoms with Gasteiger partial charge in [-0.3, -0.25) is 0 Å². The van der Waals surface area contributed by atoms with Crippen molar-refractivity contribution in [3.8, 4) is 28.7 Å². The summed E-state index contributed by atoms with van der Waals surface area (Å²) in [4.78, 5) is 2.01. The molecule has 4 rings (SSSR count). The highest BCUT2D eigenvalue weighted by Crippen LogP contribution is 2.44. The molecular weight excluding hydrogens is 426 g/mol. The highest BCUT2D eigenvalue weighted by atomic mass is 16.5. The van der Waals surface area contributed by atoms with Crippen molar-refractivity contribution < 1.29 is 20.1 Å². The highest BCUT2D eigenvalue weighted by molar-refractivity contribution is 5.82. The predicted octanol–water partition coefficient (Wildman–Crippen LogP) is 7.61. The number of phenolic OH excluding ortho intramolecular Hbond substituents is 3. The number of rotatable bonds is 5. The summed E-state index contributed by atoms with van der Waals surface area (Å²) in [6.45, 7) is 9.32. The molecule has 0 spiro atoms. The minimum atomic E-state index is 0.115. The molecule has 0 aliphatic heterocycles. The molecule has 0 aliphatic carbocycles. The van der Waals surface area contributed by atoms with Gasteiger partial charge in [0, 0.05) is 16.8 Å². The first-order valence-corrected chi connectivity index (χ1v) is 11.1. The molecule has 0 fully saturated rings. The lowest BCUT2D eigenvalue weighted by Crippen LogP contribution is -2.13. The van der Waals surface area contributed by atoms with Crippen molar-refractivity contribution in [2.45, 2.75) is 34.6 Å². The van der Waals surface area contributed by atoms with Gasteiger partial charge in [-0.25, -0.2) is 0 Å². The summed E-state index contributed by atoms with van der Waals surface area (Å²) in [6, 6.07) is 20.6. The minimum Gasteiger partial charge on any atom is -0.507 e. The number of para-hydroxylation sites is 1. The Balaban J connectivity index is 1.81. The Hall–Kier alpha value is -4.12. The molecule has 0 saturated heterocycles. The van der Waals surface area contributed by atoms with E-state index in [1.165, 1.54) is 0 Å². The van der Waals surface area contributed by atoms with Gasteiger partial charge in [0.25, 0.3) is 0 Å². The van der Waals surface area contributed by atoms with Crippen LogP contribution in [0.4, 0.5) is 17.1 Å². The van der Waals surface area contributed by atoms with E-state index in [1.54, 1.807) is 6.07 Å². The fourth-order valence-corrected chi connectivity index (χ4v) is 4.05. The topological polar surface area (TPSA) is 73.2 Å². The van der Waals surface area contributed by atoms with Crippen molar-refractivity contribution in [3.05, 3.63) is 94.5 Å². The van der Waals surface area contributed by atoms with Gasteiger partial charge in [0.05, 0.1) is 11.4 Å². The summed E-state index contributed by atoms with van der Waals surface area (Å²) < 4.78 is 5.90. The van der Waals surface area contributed by atoms with Crippen molar-refractivity contribution in [1.82, 2.24) is 0 Å². The van der Waals surface area contributed by atoms with Crippen LogP contribution in [0.15, 0.2) is 66.7 Å². The van der Waals surface area contributed by atoms with E-state index < -0.39 is 0 Å². The minimum absolute atomic E-state index is 0.115. The Morgan fingerprint density at radius 1 is 0.559 bits per heavy atom. The van der Waals surface area contributed by atoms with Crippen LogP contribution in [0.5, 0.6) is 28.7 Å². The molecule has 0 radical (unpaired) electrons. The molecule has 0 aliphatic rings. The lowest BCUT2D eigenvalue weighted by atomic mass is 10.0. The third-order valence-corrected chi connectivity index (χ3v) is 6.21. The van der Waals surface area contributed by atoms with Crippen LogP contribution < -0.4 is 9.64 Å². The van der Waals surface area contributed by atoms with Gasteiger partial charge in [-0.2, -0.15) is 0 Å². The standard InChI is InChI=1S/C29H29NO4/c1-17-7-6-8-26(29(17)33)34-23-13-11-22(12-14-23)30(24-15-9-18(2)27(31)20(24)4)25-16-10-19(3)28(32)21(25)5/h6-16,31-33H,1-5H3. The number of nitrogens with zero attached hydrogens (tertiary/aromatic N) is 1. The molecule has 4 aromatic carbocycles. The Kier molecular flexibility index (Phi) is 6.12.